The molecule has 2 aromatic rings. The minimum Gasteiger partial charge on any atom is -0.481 e. The molecule has 1 atom stereocenters. The number of hydrogen-bond acceptors (Lipinski definition) is 4. The van der Waals surface area contributed by atoms with Crippen LogP contribution in [0.3, 0.4) is 0 Å². The lowest BCUT2D eigenvalue weighted by Gasteiger charge is -2.17. The molecule has 0 heterocycles. The molecule has 0 spiro atoms. The molecule has 2 rings (SSSR count). The fourth-order valence-corrected chi connectivity index (χ4v) is 2.85. The molecule has 1 amide bonds. The molecule has 0 radical (unpaired) electrons. The van der Waals surface area contributed by atoms with Crippen molar-refractivity contribution in [1.82, 2.24) is 5.32 Å². The number of carbonyl (C=O) groups is 2. The van der Waals surface area contributed by atoms with E-state index in [0.29, 0.717) is 6.42 Å². The van der Waals surface area contributed by atoms with Gasteiger partial charge in [0.25, 0.3) is 0 Å². The zero-order valence-electron chi connectivity index (χ0n) is 15.2. The lowest BCUT2D eigenvalue weighted by atomic mass is 10.0. The van der Waals surface area contributed by atoms with E-state index >= 15 is 0 Å². The monoisotopic (exact) mass is 367 g/mol. The predicted molar refractivity (Wildman–Crippen MR) is 105 cm³/mol. The molecule has 0 fully saturated rings. The first-order valence-electron chi connectivity index (χ1n) is 8.97. The van der Waals surface area contributed by atoms with E-state index in [1.165, 1.54) is 5.56 Å². The van der Waals surface area contributed by atoms with Crippen molar-refractivity contribution >= 4 is 18.1 Å². The SMILES string of the molecule is NN=Cc1ccc(CCCCC(=O)NC(CC(=O)O)c2ccccc2)cc1. The topological polar surface area (TPSA) is 105 Å². The van der Waals surface area contributed by atoms with E-state index in [2.05, 4.69) is 10.4 Å². The molecule has 1 unspecified atom stereocenters. The molecule has 0 aliphatic rings. The van der Waals surface area contributed by atoms with Crippen LogP contribution < -0.4 is 11.2 Å². The van der Waals surface area contributed by atoms with Crippen LogP contribution in [0.4, 0.5) is 0 Å². The Morgan fingerprint density at radius 1 is 1.07 bits per heavy atom. The highest BCUT2D eigenvalue weighted by molar-refractivity contribution is 5.79. The van der Waals surface area contributed by atoms with Crippen LogP contribution in [0, 0.1) is 0 Å². The normalized spacial score (nSPS) is 12.0. The average molecular weight is 367 g/mol. The van der Waals surface area contributed by atoms with Crippen LogP contribution in [-0.2, 0) is 16.0 Å². The van der Waals surface area contributed by atoms with Gasteiger partial charge in [-0.25, -0.2) is 0 Å². The molecule has 0 aliphatic heterocycles. The number of hydrazone groups is 1. The second-order valence-electron chi connectivity index (χ2n) is 6.36. The molecule has 0 saturated carbocycles. The number of carboxylic acid groups (broad SMARTS) is 1. The molecular formula is C21H25N3O3. The molecule has 142 valence electrons. The van der Waals surface area contributed by atoms with Gasteiger partial charge < -0.3 is 16.3 Å². The number of aliphatic carboxylic acids is 1. The summed E-state index contributed by atoms with van der Waals surface area (Å²) in [5.74, 6) is 4.06. The van der Waals surface area contributed by atoms with Gasteiger partial charge in [0, 0.05) is 6.42 Å². The van der Waals surface area contributed by atoms with Gasteiger partial charge in [-0.3, -0.25) is 9.59 Å². The number of amides is 1. The Hall–Kier alpha value is -3.15. The Morgan fingerprint density at radius 3 is 2.41 bits per heavy atom. The minimum atomic E-state index is -0.938. The maximum absolute atomic E-state index is 12.2. The van der Waals surface area contributed by atoms with Crippen molar-refractivity contribution in [2.45, 2.75) is 38.1 Å². The average Bonchev–Trinajstić information content (AvgIpc) is 2.66. The van der Waals surface area contributed by atoms with Crippen molar-refractivity contribution in [2.75, 3.05) is 0 Å². The fraction of sp³-hybridized carbons (Fsp3) is 0.286. The maximum Gasteiger partial charge on any atom is 0.305 e. The van der Waals surface area contributed by atoms with Crippen molar-refractivity contribution in [3.8, 4) is 0 Å². The maximum atomic E-state index is 12.2. The molecule has 6 heteroatoms. The van der Waals surface area contributed by atoms with Crippen LogP contribution >= 0.6 is 0 Å². The zero-order chi connectivity index (χ0) is 19.5. The van der Waals surface area contributed by atoms with E-state index in [9.17, 15) is 9.59 Å². The summed E-state index contributed by atoms with van der Waals surface area (Å²) in [5, 5.41) is 15.4. The van der Waals surface area contributed by atoms with E-state index in [-0.39, 0.29) is 12.3 Å². The number of aryl methyl sites for hydroxylation is 1. The Kier molecular flexibility index (Phi) is 8.03. The highest BCUT2D eigenvalue weighted by atomic mass is 16.4. The largest absolute Gasteiger partial charge is 0.481 e. The van der Waals surface area contributed by atoms with Gasteiger partial charge in [0.05, 0.1) is 18.7 Å². The van der Waals surface area contributed by atoms with Crippen molar-refractivity contribution in [3.05, 3.63) is 71.3 Å². The van der Waals surface area contributed by atoms with Gasteiger partial charge in [0.2, 0.25) is 5.91 Å². The van der Waals surface area contributed by atoms with Gasteiger partial charge in [0.15, 0.2) is 0 Å². The quantitative estimate of drug-likeness (QED) is 0.260. The summed E-state index contributed by atoms with van der Waals surface area (Å²) in [7, 11) is 0. The number of rotatable bonds is 10. The molecule has 6 nitrogen and oxygen atoms in total. The summed E-state index contributed by atoms with van der Waals surface area (Å²) in [4.78, 5) is 23.3. The number of hydrogen-bond donors (Lipinski definition) is 3. The Balaban J connectivity index is 1.77. The van der Waals surface area contributed by atoms with Crippen molar-refractivity contribution < 1.29 is 14.7 Å². The Bertz CT molecular complexity index is 758. The molecule has 27 heavy (non-hydrogen) atoms. The highest BCUT2D eigenvalue weighted by Crippen LogP contribution is 2.17. The number of carbonyl (C=O) groups excluding carboxylic acids is 1. The van der Waals surface area contributed by atoms with E-state index in [1.54, 1.807) is 6.21 Å². The summed E-state index contributed by atoms with van der Waals surface area (Å²) in [5.41, 5.74) is 2.94. The van der Waals surface area contributed by atoms with Gasteiger partial charge >= 0.3 is 5.97 Å². The van der Waals surface area contributed by atoms with Gasteiger partial charge in [-0.05, 0) is 36.0 Å². The fourth-order valence-electron chi connectivity index (χ4n) is 2.85. The van der Waals surface area contributed by atoms with E-state index in [4.69, 9.17) is 10.9 Å². The highest BCUT2D eigenvalue weighted by Gasteiger charge is 2.17. The van der Waals surface area contributed by atoms with Gasteiger partial charge in [-0.2, -0.15) is 5.10 Å². The molecule has 0 saturated heterocycles. The van der Waals surface area contributed by atoms with Crippen LogP contribution in [0.15, 0.2) is 59.7 Å². The first-order valence-corrected chi connectivity index (χ1v) is 8.97. The van der Waals surface area contributed by atoms with Crippen molar-refractivity contribution in [1.29, 1.82) is 0 Å². The van der Waals surface area contributed by atoms with Crippen LogP contribution in [0.1, 0.15) is 48.4 Å². The van der Waals surface area contributed by atoms with E-state index in [0.717, 1.165) is 30.4 Å². The molecule has 2 aromatic carbocycles. The van der Waals surface area contributed by atoms with Crippen molar-refractivity contribution in [2.24, 2.45) is 10.9 Å². The molecule has 0 bridgehead atoms. The number of nitrogens with zero attached hydrogens (tertiary/aromatic N) is 1. The Labute approximate surface area is 159 Å². The van der Waals surface area contributed by atoms with Crippen LogP contribution in [0.5, 0.6) is 0 Å². The van der Waals surface area contributed by atoms with Gasteiger partial charge in [-0.1, -0.05) is 54.6 Å². The van der Waals surface area contributed by atoms with Gasteiger partial charge in [-0.15, -0.1) is 0 Å². The molecule has 0 aromatic heterocycles. The lowest BCUT2D eigenvalue weighted by molar-refractivity contribution is -0.137. The van der Waals surface area contributed by atoms with Crippen LogP contribution in [-0.4, -0.2) is 23.2 Å². The van der Waals surface area contributed by atoms with Crippen LogP contribution in [0.2, 0.25) is 0 Å². The number of nitrogens with two attached hydrogens (primary N) is 1. The summed E-state index contributed by atoms with van der Waals surface area (Å²) in [6.45, 7) is 0. The second-order valence-corrected chi connectivity index (χ2v) is 6.36. The Morgan fingerprint density at radius 2 is 1.78 bits per heavy atom. The minimum absolute atomic E-state index is 0.125. The first-order chi connectivity index (χ1) is 13.1. The number of unbranched alkanes of at least 4 members (excludes halogenated alkanes) is 1. The number of benzene rings is 2. The van der Waals surface area contributed by atoms with Gasteiger partial charge in [0.1, 0.15) is 0 Å². The smallest absolute Gasteiger partial charge is 0.305 e. The first kappa shape index (κ1) is 20.2. The summed E-state index contributed by atoms with van der Waals surface area (Å²) in [6.07, 6.45) is 4.34. The molecule has 0 aliphatic carbocycles. The summed E-state index contributed by atoms with van der Waals surface area (Å²) < 4.78 is 0. The standard InChI is InChI=1S/C21H25N3O3/c22-23-15-17-12-10-16(11-13-17)6-4-5-9-20(25)24-19(14-21(26)27)18-7-2-1-3-8-18/h1-3,7-8,10-13,15,19H,4-6,9,14,22H2,(H,24,25)(H,26,27). The third kappa shape index (κ3) is 7.32. The zero-order valence-corrected chi connectivity index (χ0v) is 15.2. The third-order valence-corrected chi connectivity index (χ3v) is 4.24. The second kappa shape index (κ2) is 10.8. The van der Waals surface area contributed by atoms with Crippen molar-refractivity contribution in [3.63, 3.8) is 0 Å². The lowest BCUT2D eigenvalue weighted by Crippen LogP contribution is -2.30. The molecule has 4 N–H and O–H groups in total. The third-order valence-electron chi connectivity index (χ3n) is 4.24. The van der Waals surface area contributed by atoms with E-state index in [1.807, 2.05) is 54.6 Å². The van der Waals surface area contributed by atoms with E-state index < -0.39 is 12.0 Å². The molecular weight excluding hydrogens is 342 g/mol. The summed E-state index contributed by atoms with van der Waals surface area (Å²) in [6, 6.07) is 16.6. The number of nitrogens with one attached hydrogen (secondary N) is 1. The number of carboxylic acids is 1. The van der Waals surface area contributed by atoms with Crippen LogP contribution in [0.25, 0.3) is 0 Å². The summed E-state index contributed by atoms with van der Waals surface area (Å²) >= 11 is 0. The predicted octanol–water partition coefficient (Wildman–Crippen LogP) is 3.02.